The van der Waals surface area contributed by atoms with Crippen molar-refractivity contribution in [3.05, 3.63) is 89.7 Å². The van der Waals surface area contributed by atoms with Crippen LogP contribution in [0.3, 0.4) is 0 Å². The van der Waals surface area contributed by atoms with Crippen molar-refractivity contribution in [2.45, 2.75) is 5.16 Å². The normalized spacial score (nSPS) is 10.7. The number of nitrogens with zero attached hydrogens (tertiary/aromatic N) is 3. The molecule has 150 valence electrons. The molecule has 0 spiro atoms. The van der Waals surface area contributed by atoms with Crippen LogP contribution in [0.5, 0.6) is 0 Å². The Kier molecular flexibility index (Phi) is 6.11. The van der Waals surface area contributed by atoms with Gasteiger partial charge in [-0.3, -0.25) is 9.36 Å². The number of halogens is 2. The molecular weight excluding hydrogens is 423 g/mol. The van der Waals surface area contributed by atoms with E-state index in [2.05, 4.69) is 15.5 Å². The van der Waals surface area contributed by atoms with E-state index >= 15 is 0 Å². The molecule has 0 aliphatic carbocycles. The summed E-state index contributed by atoms with van der Waals surface area (Å²) in [6.07, 6.45) is 0. The standard InChI is InChI=1S/C22H16ClFN4OS/c23-16-9-11-18(12-10-16)25-20(29)14-30-22-27-26-21(15-5-4-6-17(24)13-15)28(22)19-7-2-1-3-8-19/h1-13H,14H2,(H,25,29). The summed E-state index contributed by atoms with van der Waals surface area (Å²) in [5, 5.41) is 12.5. The van der Waals surface area contributed by atoms with Crippen LogP contribution in [-0.2, 0) is 4.79 Å². The van der Waals surface area contributed by atoms with Crippen molar-refractivity contribution in [2.75, 3.05) is 11.1 Å². The van der Waals surface area contributed by atoms with Gasteiger partial charge in [0.1, 0.15) is 5.82 Å². The molecule has 0 unspecified atom stereocenters. The van der Waals surface area contributed by atoms with Crippen molar-refractivity contribution < 1.29 is 9.18 Å². The van der Waals surface area contributed by atoms with E-state index in [9.17, 15) is 9.18 Å². The molecule has 3 aromatic carbocycles. The second kappa shape index (κ2) is 9.11. The molecule has 0 aliphatic heterocycles. The fourth-order valence-electron chi connectivity index (χ4n) is 2.85. The Bertz CT molecular complexity index is 1170. The molecule has 0 radical (unpaired) electrons. The number of aromatic nitrogens is 3. The highest BCUT2D eigenvalue weighted by atomic mass is 35.5. The van der Waals surface area contributed by atoms with E-state index in [1.807, 2.05) is 34.9 Å². The highest BCUT2D eigenvalue weighted by Gasteiger charge is 2.17. The third kappa shape index (κ3) is 4.69. The first-order chi connectivity index (χ1) is 14.6. The number of thioether (sulfide) groups is 1. The molecule has 8 heteroatoms. The molecule has 1 N–H and O–H groups in total. The van der Waals surface area contributed by atoms with Gasteiger partial charge in [0, 0.05) is 22.0 Å². The fourth-order valence-corrected chi connectivity index (χ4v) is 3.73. The molecule has 0 saturated heterocycles. The van der Waals surface area contributed by atoms with E-state index in [0.717, 1.165) is 5.69 Å². The minimum Gasteiger partial charge on any atom is -0.325 e. The maximum Gasteiger partial charge on any atom is 0.234 e. The number of carbonyl (C=O) groups is 1. The first kappa shape index (κ1) is 20.1. The van der Waals surface area contributed by atoms with E-state index < -0.39 is 0 Å². The number of hydrogen-bond donors (Lipinski definition) is 1. The SMILES string of the molecule is O=C(CSc1nnc(-c2cccc(F)c2)n1-c1ccccc1)Nc1ccc(Cl)cc1. The Hall–Kier alpha value is -3.16. The second-order valence-corrected chi connectivity index (χ2v) is 7.71. The molecule has 1 heterocycles. The van der Waals surface area contributed by atoms with Crippen molar-refractivity contribution in [1.29, 1.82) is 0 Å². The Balaban J connectivity index is 1.58. The summed E-state index contributed by atoms with van der Waals surface area (Å²) < 4.78 is 15.6. The third-order valence-corrected chi connectivity index (χ3v) is 5.37. The number of amides is 1. The average Bonchev–Trinajstić information content (AvgIpc) is 3.19. The second-order valence-electron chi connectivity index (χ2n) is 6.33. The minimum atomic E-state index is -0.355. The lowest BCUT2D eigenvalue weighted by Crippen LogP contribution is -2.14. The first-order valence-electron chi connectivity index (χ1n) is 9.05. The molecule has 0 aliphatic rings. The molecule has 30 heavy (non-hydrogen) atoms. The summed E-state index contributed by atoms with van der Waals surface area (Å²) in [5.41, 5.74) is 2.08. The van der Waals surface area contributed by atoms with Gasteiger partial charge in [-0.1, -0.05) is 53.7 Å². The largest absolute Gasteiger partial charge is 0.325 e. The fraction of sp³-hybridized carbons (Fsp3) is 0.0455. The zero-order valence-electron chi connectivity index (χ0n) is 15.6. The predicted molar refractivity (Wildman–Crippen MR) is 118 cm³/mol. The van der Waals surface area contributed by atoms with Crippen molar-refractivity contribution in [2.24, 2.45) is 0 Å². The van der Waals surface area contributed by atoms with Crippen LogP contribution >= 0.6 is 23.4 Å². The van der Waals surface area contributed by atoms with Crippen LogP contribution in [0.4, 0.5) is 10.1 Å². The van der Waals surface area contributed by atoms with Crippen LogP contribution < -0.4 is 5.32 Å². The monoisotopic (exact) mass is 438 g/mol. The van der Waals surface area contributed by atoms with Crippen LogP contribution in [0.25, 0.3) is 17.1 Å². The zero-order valence-corrected chi connectivity index (χ0v) is 17.2. The zero-order chi connectivity index (χ0) is 20.9. The van der Waals surface area contributed by atoms with Crippen LogP contribution in [0, 0.1) is 5.82 Å². The van der Waals surface area contributed by atoms with Gasteiger partial charge in [-0.05, 0) is 48.5 Å². The van der Waals surface area contributed by atoms with E-state index in [-0.39, 0.29) is 17.5 Å². The van der Waals surface area contributed by atoms with Crippen molar-refractivity contribution >= 4 is 35.0 Å². The Morgan fingerprint density at radius 3 is 2.50 bits per heavy atom. The number of hydrogen-bond acceptors (Lipinski definition) is 4. The summed E-state index contributed by atoms with van der Waals surface area (Å²) in [6.45, 7) is 0. The molecule has 0 fully saturated rings. The van der Waals surface area contributed by atoms with Crippen molar-refractivity contribution in [3.63, 3.8) is 0 Å². The number of para-hydroxylation sites is 1. The van der Waals surface area contributed by atoms with Gasteiger partial charge < -0.3 is 5.32 Å². The van der Waals surface area contributed by atoms with E-state index in [1.165, 1.54) is 23.9 Å². The number of carbonyl (C=O) groups excluding carboxylic acids is 1. The topological polar surface area (TPSA) is 59.8 Å². The number of benzene rings is 3. The van der Waals surface area contributed by atoms with Gasteiger partial charge in [-0.15, -0.1) is 10.2 Å². The van der Waals surface area contributed by atoms with Crippen molar-refractivity contribution in [1.82, 2.24) is 14.8 Å². The summed E-state index contributed by atoms with van der Waals surface area (Å²) in [4.78, 5) is 12.4. The van der Waals surface area contributed by atoms with Gasteiger partial charge in [0.25, 0.3) is 0 Å². The molecule has 1 amide bonds. The molecule has 1 aromatic heterocycles. The quantitative estimate of drug-likeness (QED) is 0.406. The smallest absolute Gasteiger partial charge is 0.234 e. The highest BCUT2D eigenvalue weighted by molar-refractivity contribution is 7.99. The molecule has 0 saturated carbocycles. The van der Waals surface area contributed by atoms with Gasteiger partial charge in [0.2, 0.25) is 5.91 Å². The first-order valence-corrected chi connectivity index (χ1v) is 10.4. The Morgan fingerprint density at radius 2 is 1.77 bits per heavy atom. The van der Waals surface area contributed by atoms with Crippen LogP contribution in [0.15, 0.2) is 84.0 Å². The third-order valence-electron chi connectivity index (χ3n) is 4.19. The molecule has 4 aromatic rings. The highest BCUT2D eigenvalue weighted by Crippen LogP contribution is 2.28. The number of anilines is 1. The van der Waals surface area contributed by atoms with Crippen molar-refractivity contribution in [3.8, 4) is 17.1 Å². The van der Waals surface area contributed by atoms with Gasteiger partial charge >= 0.3 is 0 Å². The lowest BCUT2D eigenvalue weighted by Gasteiger charge is -2.10. The molecule has 0 atom stereocenters. The van der Waals surface area contributed by atoms with Crippen LogP contribution in [0.2, 0.25) is 5.02 Å². The van der Waals surface area contributed by atoms with Crippen LogP contribution in [0.1, 0.15) is 0 Å². The van der Waals surface area contributed by atoms with Crippen LogP contribution in [-0.4, -0.2) is 26.4 Å². The predicted octanol–water partition coefficient (Wildman–Crippen LogP) is 5.46. The molecule has 0 bridgehead atoms. The summed E-state index contributed by atoms with van der Waals surface area (Å²) >= 11 is 7.12. The lowest BCUT2D eigenvalue weighted by atomic mass is 10.2. The Morgan fingerprint density at radius 1 is 1.00 bits per heavy atom. The average molecular weight is 439 g/mol. The summed E-state index contributed by atoms with van der Waals surface area (Å²) in [6, 6.07) is 22.6. The number of rotatable bonds is 6. The maximum absolute atomic E-state index is 13.8. The molecule has 4 rings (SSSR count). The van der Waals surface area contributed by atoms with Gasteiger partial charge in [-0.2, -0.15) is 0 Å². The summed E-state index contributed by atoms with van der Waals surface area (Å²) in [5.74, 6) is 0.0988. The number of nitrogens with one attached hydrogen (secondary N) is 1. The van der Waals surface area contributed by atoms with E-state index in [4.69, 9.17) is 11.6 Å². The minimum absolute atomic E-state index is 0.136. The van der Waals surface area contributed by atoms with Gasteiger partial charge in [-0.25, -0.2) is 4.39 Å². The Labute approximate surface area is 181 Å². The lowest BCUT2D eigenvalue weighted by molar-refractivity contribution is -0.113. The maximum atomic E-state index is 13.8. The van der Waals surface area contributed by atoms with Gasteiger partial charge in [0.05, 0.1) is 5.75 Å². The van der Waals surface area contributed by atoms with E-state index in [1.54, 1.807) is 36.4 Å². The molecule has 5 nitrogen and oxygen atoms in total. The molecular formula is C22H16ClFN4OS. The van der Waals surface area contributed by atoms with Gasteiger partial charge in [0.15, 0.2) is 11.0 Å². The summed E-state index contributed by atoms with van der Waals surface area (Å²) in [7, 11) is 0. The van der Waals surface area contributed by atoms with E-state index in [0.29, 0.717) is 27.3 Å².